The summed E-state index contributed by atoms with van der Waals surface area (Å²) in [7, 11) is 0. The van der Waals surface area contributed by atoms with E-state index in [2.05, 4.69) is 5.10 Å². The largest absolute Gasteiger partial charge is 0.293 e. The van der Waals surface area contributed by atoms with Crippen molar-refractivity contribution in [2.75, 3.05) is 0 Å². The number of allylic oxidation sites excluding steroid dienone is 1. The lowest BCUT2D eigenvalue weighted by Gasteiger charge is -2.15. The smallest absolute Gasteiger partial charge is 0.178 e. The molecule has 1 aromatic carbocycles. The highest BCUT2D eigenvalue weighted by Gasteiger charge is 2.26. The molecule has 25 heavy (non-hydrogen) atoms. The van der Waals surface area contributed by atoms with Crippen LogP contribution in [0.3, 0.4) is 0 Å². The summed E-state index contributed by atoms with van der Waals surface area (Å²) >= 11 is 6.39. The number of carbonyl (C=O) groups is 1. The van der Waals surface area contributed by atoms with Crippen molar-refractivity contribution in [2.24, 2.45) is 5.41 Å². The predicted octanol–water partition coefficient (Wildman–Crippen LogP) is 4.55. The second-order valence-corrected chi connectivity index (χ2v) is 7.18. The number of Topliss-reactive ketones (excluding diaryl/α,β-unsaturated/α-hetero) is 1. The molecule has 0 fully saturated rings. The van der Waals surface area contributed by atoms with Gasteiger partial charge in [0, 0.05) is 11.0 Å². The fraction of sp³-hybridized carbons (Fsp3) is 0.316. The van der Waals surface area contributed by atoms with Crippen LogP contribution < -0.4 is 0 Å². The molecule has 2 aromatic rings. The van der Waals surface area contributed by atoms with Crippen molar-refractivity contribution in [1.29, 1.82) is 5.26 Å². The number of benzene rings is 1. The van der Waals surface area contributed by atoms with E-state index in [-0.39, 0.29) is 17.2 Å². The number of rotatable bonds is 4. The maximum Gasteiger partial charge on any atom is 0.178 e. The van der Waals surface area contributed by atoms with Gasteiger partial charge in [0.05, 0.1) is 17.8 Å². The zero-order valence-corrected chi connectivity index (χ0v) is 15.4. The average molecular weight is 360 g/mol. The molecular weight excluding hydrogens is 341 g/mol. The summed E-state index contributed by atoms with van der Waals surface area (Å²) in [5.41, 5.74) is 1.37. The first-order chi connectivity index (χ1) is 11.6. The Labute approximate surface area is 151 Å². The van der Waals surface area contributed by atoms with E-state index >= 15 is 0 Å². The molecule has 0 spiro atoms. The Kier molecular flexibility index (Phi) is 5.44. The molecule has 0 saturated heterocycles. The van der Waals surface area contributed by atoms with Crippen molar-refractivity contribution in [2.45, 2.75) is 34.2 Å². The van der Waals surface area contributed by atoms with Gasteiger partial charge in [-0.25, -0.2) is 9.07 Å². The minimum atomic E-state index is -0.661. The van der Waals surface area contributed by atoms with E-state index in [1.54, 1.807) is 44.5 Å². The molecule has 1 aromatic heterocycles. The number of nitriles is 1. The van der Waals surface area contributed by atoms with Crippen LogP contribution in [0.2, 0.25) is 5.15 Å². The first-order valence-electron chi connectivity index (χ1n) is 7.77. The third-order valence-electron chi connectivity index (χ3n) is 3.69. The normalized spacial score (nSPS) is 12.1. The fourth-order valence-corrected chi connectivity index (χ4v) is 2.58. The van der Waals surface area contributed by atoms with Crippen LogP contribution in [0.25, 0.3) is 6.08 Å². The molecule has 0 atom stereocenters. The number of ketones is 1. The van der Waals surface area contributed by atoms with Crippen LogP contribution in [-0.2, 0) is 11.3 Å². The van der Waals surface area contributed by atoms with Crippen molar-refractivity contribution in [3.8, 4) is 6.07 Å². The number of carbonyl (C=O) groups excluding carboxylic acids is 1. The predicted molar refractivity (Wildman–Crippen MR) is 95.5 cm³/mol. The Morgan fingerprint density at radius 3 is 2.48 bits per heavy atom. The molecular formula is C19H19ClFN3O. The summed E-state index contributed by atoms with van der Waals surface area (Å²) in [5, 5.41) is 14.0. The molecule has 6 heteroatoms. The molecule has 0 unspecified atom stereocenters. The Hall–Kier alpha value is -2.45. The first-order valence-corrected chi connectivity index (χ1v) is 8.15. The summed E-state index contributed by atoms with van der Waals surface area (Å²) in [5.74, 6) is -0.564. The van der Waals surface area contributed by atoms with E-state index in [0.717, 1.165) is 5.56 Å². The highest BCUT2D eigenvalue weighted by atomic mass is 35.5. The van der Waals surface area contributed by atoms with Gasteiger partial charge in [0.15, 0.2) is 5.78 Å². The minimum Gasteiger partial charge on any atom is -0.293 e. The van der Waals surface area contributed by atoms with Gasteiger partial charge in [-0.2, -0.15) is 10.4 Å². The van der Waals surface area contributed by atoms with E-state index < -0.39 is 5.41 Å². The highest BCUT2D eigenvalue weighted by Crippen LogP contribution is 2.26. The maximum atomic E-state index is 13.0. The molecule has 0 amide bonds. The molecule has 0 saturated carbocycles. The average Bonchev–Trinajstić information content (AvgIpc) is 2.80. The standard InChI is InChI=1S/C19H19ClFN3O/c1-12-16(9-14(10-22)17(25)19(2,3)4)18(20)24(23-12)11-13-5-7-15(21)8-6-13/h5-9H,11H2,1-4H3. The SMILES string of the molecule is Cc1nn(Cc2ccc(F)cc2)c(Cl)c1C=C(C#N)C(=O)C(C)(C)C. The zero-order valence-electron chi connectivity index (χ0n) is 14.6. The highest BCUT2D eigenvalue weighted by molar-refractivity contribution is 6.31. The first kappa shape index (κ1) is 18.9. The molecule has 130 valence electrons. The Morgan fingerprint density at radius 1 is 1.36 bits per heavy atom. The second kappa shape index (κ2) is 7.20. The molecule has 4 nitrogen and oxygen atoms in total. The quantitative estimate of drug-likeness (QED) is 0.594. The maximum absolute atomic E-state index is 13.0. The molecule has 0 aliphatic carbocycles. The lowest BCUT2D eigenvalue weighted by molar-refractivity contribution is -0.121. The number of hydrogen-bond donors (Lipinski definition) is 0. The Morgan fingerprint density at radius 2 is 1.96 bits per heavy atom. The summed E-state index contributed by atoms with van der Waals surface area (Å²) < 4.78 is 14.6. The van der Waals surface area contributed by atoms with Crippen molar-refractivity contribution in [3.05, 3.63) is 57.6 Å². The molecule has 0 aliphatic heterocycles. The lowest BCUT2D eigenvalue weighted by atomic mass is 9.86. The van der Waals surface area contributed by atoms with Gasteiger partial charge in [-0.3, -0.25) is 4.79 Å². The van der Waals surface area contributed by atoms with Gasteiger partial charge in [-0.05, 0) is 30.7 Å². The van der Waals surface area contributed by atoms with Gasteiger partial charge in [0.2, 0.25) is 0 Å². The van der Waals surface area contributed by atoms with Crippen LogP contribution in [0, 0.1) is 29.5 Å². The monoisotopic (exact) mass is 359 g/mol. The summed E-state index contributed by atoms with van der Waals surface area (Å²) in [6.07, 6.45) is 1.49. The van der Waals surface area contributed by atoms with Crippen LogP contribution in [0.1, 0.15) is 37.6 Å². The van der Waals surface area contributed by atoms with Gasteiger partial charge < -0.3 is 0 Å². The molecule has 0 N–H and O–H groups in total. The van der Waals surface area contributed by atoms with Crippen molar-refractivity contribution in [3.63, 3.8) is 0 Å². The van der Waals surface area contributed by atoms with E-state index in [9.17, 15) is 14.4 Å². The van der Waals surface area contributed by atoms with E-state index in [4.69, 9.17) is 11.6 Å². The molecule has 0 radical (unpaired) electrons. The summed E-state index contributed by atoms with van der Waals surface area (Å²) in [6.45, 7) is 7.39. The van der Waals surface area contributed by atoms with Gasteiger partial charge in [-0.15, -0.1) is 0 Å². The van der Waals surface area contributed by atoms with E-state index in [0.29, 0.717) is 23.0 Å². The molecule has 0 bridgehead atoms. The van der Waals surface area contributed by atoms with Crippen LogP contribution in [0.4, 0.5) is 4.39 Å². The third-order valence-corrected chi connectivity index (χ3v) is 4.09. The summed E-state index contributed by atoms with van der Waals surface area (Å²) in [4.78, 5) is 12.4. The van der Waals surface area contributed by atoms with Crippen LogP contribution in [0.5, 0.6) is 0 Å². The van der Waals surface area contributed by atoms with E-state index in [1.807, 2.05) is 6.07 Å². The minimum absolute atomic E-state index is 0.0406. The number of halogens is 2. The van der Waals surface area contributed by atoms with Gasteiger partial charge in [0.25, 0.3) is 0 Å². The topological polar surface area (TPSA) is 58.7 Å². The lowest BCUT2D eigenvalue weighted by Crippen LogP contribution is -2.21. The second-order valence-electron chi connectivity index (χ2n) is 6.82. The van der Waals surface area contributed by atoms with Crippen LogP contribution >= 0.6 is 11.6 Å². The number of aromatic nitrogens is 2. The zero-order chi connectivity index (χ0) is 18.8. The molecule has 1 heterocycles. The number of hydrogen-bond acceptors (Lipinski definition) is 3. The van der Waals surface area contributed by atoms with Gasteiger partial charge in [0.1, 0.15) is 17.0 Å². The van der Waals surface area contributed by atoms with Crippen molar-refractivity contribution < 1.29 is 9.18 Å². The van der Waals surface area contributed by atoms with Gasteiger partial charge >= 0.3 is 0 Å². The van der Waals surface area contributed by atoms with Crippen LogP contribution in [0.15, 0.2) is 29.8 Å². The van der Waals surface area contributed by atoms with Crippen molar-refractivity contribution >= 4 is 23.5 Å². The number of aryl methyl sites for hydroxylation is 1. The molecule has 2 rings (SSSR count). The fourth-order valence-electron chi connectivity index (χ4n) is 2.30. The third kappa shape index (κ3) is 4.34. The number of nitrogens with zero attached hydrogens (tertiary/aromatic N) is 3. The Balaban J connectivity index is 2.39. The van der Waals surface area contributed by atoms with E-state index in [1.165, 1.54) is 18.2 Å². The van der Waals surface area contributed by atoms with Gasteiger partial charge in [-0.1, -0.05) is 44.5 Å². The Bertz CT molecular complexity index is 868. The summed E-state index contributed by atoms with van der Waals surface area (Å²) in [6, 6.07) is 8.00. The van der Waals surface area contributed by atoms with Crippen molar-refractivity contribution in [1.82, 2.24) is 9.78 Å². The molecule has 0 aliphatic rings. The van der Waals surface area contributed by atoms with Crippen LogP contribution in [-0.4, -0.2) is 15.6 Å².